The van der Waals surface area contributed by atoms with Crippen molar-refractivity contribution in [1.82, 2.24) is 4.90 Å². The number of nitrogens with two attached hydrogens (primary N) is 1. The zero-order chi connectivity index (χ0) is 19.6. The maximum absolute atomic E-state index is 13.4. The number of carbonyl (C=O) groups excluding carboxylic acids is 2. The predicted molar refractivity (Wildman–Crippen MR) is 104 cm³/mol. The highest BCUT2D eigenvalue weighted by Crippen LogP contribution is 2.41. The highest BCUT2D eigenvalue weighted by atomic mass is 32.2. The average molecular weight is 403 g/mol. The molecule has 2 heterocycles. The van der Waals surface area contributed by atoms with Crippen molar-refractivity contribution in [1.29, 1.82) is 0 Å². The number of carbonyl (C=O) groups is 2. The van der Waals surface area contributed by atoms with Crippen molar-refractivity contribution < 1.29 is 19.1 Å². The summed E-state index contributed by atoms with van der Waals surface area (Å²) in [6, 6.07) is 7.58. The van der Waals surface area contributed by atoms with E-state index in [1.54, 1.807) is 17.5 Å². The molecule has 1 aromatic carbocycles. The Hall–Kier alpha value is -2.91. The van der Waals surface area contributed by atoms with Crippen molar-refractivity contribution in [2.75, 3.05) is 0 Å². The lowest BCUT2D eigenvalue weighted by atomic mass is 9.95. The maximum atomic E-state index is 13.4. The van der Waals surface area contributed by atoms with Gasteiger partial charge in [0.15, 0.2) is 10.9 Å². The summed E-state index contributed by atoms with van der Waals surface area (Å²) in [5.74, 6) is 2.94. The van der Waals surface area contributed by atoms with Crippen molar-refractivity contribution in [3.63, 3.8) is 0 Å². The second-order valence-electron chi connectivity index (χ2n) is 5.39. The molecule has 0 saturated heterocycles. The van der Waals surface area contributed by atoms with Gasteiger partial charge in [0.25, 0.3) is 5.91 Å². The predicted octanol–water partition coefficient (Wildman–Crippen LogP) is 3.57. The van der Waals surface area contributed by atoms with E-state index < -0.39 is 29.3 Å². The molecule has 1 atom stereocenters. The number of amidine groups is 1. The van der Waals surface area contributed by atoms with Crippen LogP contribution in [-0.2, 0) is 4.79 Å². The fourth-order valence-corrected chi connectivity index (χ4v) is 3.95. The van der Waals surface area contributed by atoms with E-state index >= 15 is 0 Å². The van der Waals surface area contributed by atoms with E-state index in [9.17, 15) is 19.1 Å². The number of halogens is 1. The molecule has 0 bridgehead atoms. The third-order valence-electron chi connectivity index (χ3n) is 3.89. The first-order chi connectivity index (χ1) is 13.0. The van der Waals surface area contributed by atoms with Crippen LogP contribution in [0.1, 0.15) is 21.3 Å². The Morgan fingerprint density at radius 2 is 2.07 bits per heavy atom. The normalized spacial score (nSPS) is 17.5. The van der Waals surface area contributed by atoms with Crippen LogP contribution in [0.4, 0.5) is 4.39 Å². The molecule has 3 rings (SSSR count). The molecule has 27 heavy (non-hydrogen) atoms. The summed E-state index contributed by atoms with van der Waals surface area (Å²) in [7, 11) is 0. The average Bonchev–Trinajstić information content (AvgIpc) is 3.28. The Bertz CT molecular complexity index is 953. The first-order valence-electron chi connectivity index (χ1n) is 7.65. The van der Waals surface area contributed by atoms with E-state index in [0.29, 0.717) is 10.4 Å². The van der Waals surface area contributed by atoms with E-state index in [1.807, 2.05) is 0 Å². The van der Waals surface area contributed by atoms with Gasteiger partial charge >= 0.3 is 0 Å². The minimum absolute atomic E-state index is 0.0462. The van der Waals surface area contributed by atoms with Crippen molar-refractivity contribution >= 4 is 40.0 Å². The number of aliphatic hydroxyl groups is 1. The van der Waals surface area contributed by atoms with E-state index in [1.165, 1.54) is 41.0 Å². The molecule has 2 aromatic rings. The molecule has 0 radical (unpaired) electrons. The molecule has 9 heteroatoms. The van der Waals surface area contributed by atoms with E-state index in [4.69, 9.17) is 5.84 Å². The number of hydrogen-bond acceptors (Lipinski definition) is 7. The monoisotopic (exact) mass is 403 g/mol. The van der Waals surface area contributed by atoms with Crippen LogP contribution in [0.5, 0.6) is 0 Å². The molecular formula is C18H14FN3O3S2. The van der Waals surface area contributed by atoms with E-state index in [0.717, 1.165) is 16.7 Å². The van der Waals surface area contributed by atoms with Gasteiger partial charge in [-0.1, -0.05) is 36.5 Å². The largest absolute Gasteiger partial charge is 0.503 e. The molecule has 6 nitrogen and oxygen atoms in total. The van der Waals surface area contributed by atoms with E-state index in [2.05, 4.69) is 11.7 Å². The standard InChI is InChI=1S/C18H14FN3O3S2/c1-2-26-18(21-20)22-14(10-5-7-11(19)8-6-10)13(16(24)17(22)25)15(23)12-4-3-9-27-12/h2-9,14,24H,1,20H2/b21-18-. The van der Waals surface area contributed by atoms with Crippen LogP contribution < -0.4 is 5.84 Å². The zero-order valence-electron chi connectivity index (χ0n) is 13.8. The number of hydrazone groups is 1. The molecule has 0 fully saturated rings. The molecule has 1 unspecified atom stereocenters. The Kier molecular flexibility index (Phi) is 5.43. The summed E-state index contributed by atoms with van der Waals surface area (Å²) in [6.45, 7) is 3.57. The SMILES string of the molecule is C=CS/C(=N\N)N1C(=O)C(O)=C(C(=O)c2cccs2)C1c1ccc(F)cc1. The molecule has 138 valence electrons. The summed E-state index contributed by atoms with van der Waals surface area (Å²) < 4.78 is 13.4. The zero-order valence-corrected chi connectivity index (χ0v) is 15.5. The number of benzene rings is 1. The van der Waals surface area contributed by atoms with Gasteiger partial charge in [0.05, 0.1) is 16.5 Å². The Morgan fingerprint density at radius 3 is 2.63 bits per heavy atom. The summed E-state index contributed by atoms with van der Waals surface area (Å²) in [5, 5.41) is 17.2. The topological polar surface area (TPSA) is 96.0 Å². The smallest absolute Gasteiger partial charge is 0.296 e. The van der Waals surface area contributed by atoms with Gasteiger partial charge in [-0.2, -0.15) is 5.10 Å². The third-order valence-corrected chi connectivity index (χ3v) is 5.44. The molecule has 0 saturated carbocycles. The van der Waals surface area contributed by atoms with Gasteiger partial charge < -0.3 is 10.9 Å². The lowest BCUT2D eigenvalue weighted by molar-refractivity contribution is -0.125. The molecule has 0 aliphatic carbocycles. The summed E-state index contributed by atoms with van der Waals surface area (Å²) >= 11 is 2.15. The van der Waals surface area contributed by atoms with Crippen molar-refractivity contribution in [2.24, 2.45) is 10.9 Å². The van der Waals surface area contributed by atoms with Gasteiger partial charge in [-0.25, -0.2) is 4.39 Å². The number of nitrogens with zero attached hydrogens (tertiary/aromatic N) is 2. The number of Topliss-reactive ketones (excluding diaryl/α,β-unsaturated/α-hetero) is 1. The molecular weight excluding hydrogens is 389 g/mol. The van der Waals surface area contributed by atoms with Gasteiger partial charge in [-0.05, 0) is 34.6 Å². The third kappa shape index (κ3) is 3.38. The van der Waals surface area contributed by atoms with Crippen molar-refractivity contribution in [2.45, 2.75) is 6.04 Å². The fourth-order valence-electron chi connectivity index (χ4n) is 2.76. The molecule has 3 N–H and O–H groups in total. The molecule has 1 aliphatic rings. The van der Waals surface area contributed by atoms with Gasteiger partial charge in [0.1, 0.15) is 5.82 Å². The van der Waals surface area contributed by atoms with Crippen LogP contribution in [0.15, 0.2) is 70.2 Å². The second-order valence-corrected chi connectivity index (χ2v) is 7.28. The molecule has 1 aliphatic heterocycles. The molecule has 1 aromatic heterocycles. The van der Waals surface area contributed by atoms with Crippen LogP contribution in [0, 0.1) is 5.82 Å². The van der Waals surface area contributed by atoms with E-state index in [-0.39, 0.29) is 10.7 Å². The minimum Gasteiger partial charge on any atom is -0.503 e. The Labute approximate surface area is 162 Å². The number of rotatable bonds is 4. The number of hydrogen-bond donors (Lipinski definition) is 2. The summed E-state index contributed by atoms with van der Waals surface area (Å²) in [4.78, 5) is 27.2. The number of ketones is 1. The van der Waals surface area contributed by atoms with Crippen LogP contribution in [0.3, 0.4) is 0 Å². The molecule has 1 amide bonds. The van der Waals surface area contributed by atoms with Crippen LogP contribution in [-0.4, -0.2) is 26.9 Å². The maximum Gasteiger partial charge on any atom is 0.296 e. The van der Waals surface area contributed by atoms with Gasteiger partial charge in [0.2, 0.25) is 5.78 Å². The second kappa shape index (κ2) is 7.77. The lowest BCUT2D eigenvalue weighted by Gasteiger charge is -2.26. The highest BCUT2D eigenvalue weighted by molar-refractivity contribution is 8.16. The first kappa shape index (κ1) is 18.9. The van der Waals surface area contributed by atoms with Crippen LogP contribution in [0.2, 0.25) is 0 Å². The fraction of sp³-hybridized carbons (Fsp3) is 0.0556. The number of thioether (sulfide) groups is 1. The quantitative estimate of drug-likeness (QED) is 0.267. The molecule has 0 spiro atoms. The number of aliphatic hydroxyl groups excluding tert-OH is 1. The van der Waals surface area contributed by atoms with Gasteiger partial charge in [-0.15, -0.1) is 11.3 Å². The first-order valence-corrected chi connectivity index (χ1v) is 9.41. The van der Waals surface area contributed by atoms with Gasteiger partial charge in [-0.3, -0.25) is 14.5 Å². The Morgan fingerprint density at radius 1 is 1.37 bits per heavy atom. The summed E-state index contributed by atoms with van der Waals surface area (Å²) in [6.07, 6.45) is 0. The number of thiophene rings is 1. The van der Waals surface area contributed by atoms with Crippen molar-refractivity contribution in [3.8, 4) is 0 Å². The van der Waals surface area contributed by atoms with Crippen LogP contribution in [0.25, 0.3) is 0 Å². The van der Waals surface area contributed by atoms with Crippen molar-refractivity contribution in [3.05, 3.63) is 81.4 Å². The number of amides is 1. The lowest BCUT2D eigenvalue weighted by Crippen LogP contribution is -2.35. The highest BCUT2D eigenvalue weighted by Gasteiger charge is 2.46. The van der Waals surface area contributed by atoms with Gasteiger partial charge in [0, 0.05) is 0 Å². The summed E-state index contributed by atoms with van der Waals surface area (Å²) in [5.41, 5.74) is 0.319. The Balaban J connectivity index is 2.17. The minimum atomic E-state index is -0.998. The van der Waals surface area contributed by atoms with Crippen LogP contribution >= 0.6 is 23.1 Å².